The van der Waals surface area contributed by atoms with Crippen molar-refractivity contribution in [3.8, 4) is 16.8 Å². The molecule has 0 atom stereocenters. The lowest BCUT2D eigenvalue weighted by Crippen LogP contribution is -2.35. The largest absolute Gasteiger partial charge is 0.455 e. The highest BCUT2D eigenvalue weighted by atomic mass is 32.1. The molecule has 75 heavy (non-hydrogen) atoms. The van der Waals surface area contributed by atoms with Gasteiger partial charge in [0.25, 0.3) is 0 Å². The molecule has 0 unspecified atom stereocenters. The third-order valence-electron chi connectivity index (χ3n) is 15.8. The Balaban J connectivity index is 1.12. The Labute approximate surface area is 447 Å². The molecule has 0 aliphatic carbocycles. The van der Waals surface area contributed by atoms with Crippen molar-refractivity contribution in [3.63, 3.8) is 0 Å². The number of nitrogens with zero attached hydrogens (tertiary/aromatic N) is 2. The molecule has 1 N–H and O–H groups in total. The van der Waals surface area contributed by atoms with E-state index < -0.39 is 0 Å². The highest BCUT2D eigenvalue weighted by Gasteiger charge is 2.35. The Kier molecular flexibility index (Phi) is 10.1. The number of thiophene rings is 2. The SMILES string of the molecule is CC(C)(C)c1ccc(Nc2cc3sc4ccc(N(c5ccccc5)c5ccccc5)cc4c3cc2-c2c3c4c(c5cc(C(C)(C)C)ccc5n4-c4c(sc5ccc(C(C)(C)C)cc45)B3)c3oc4ccccc4c23)cc1. The van der Waals surface area contributed by atoms with Crippen molar-refractivity contribution in [2.75, 3.05) is 10.2 Å². The number of furan rings is 1. The first-order valence-electron chi connectivity index (χ1n) is 26.4. The number of nitrogens with one attached hydrogen (secondary N) is 1. The summed E-state index contributed by atoms with van der Waals surface area (Å²) in [6.07, 6.45) is 0. The summed E-state index contributed by atoms with van der Waals surface area (Å²) in [5.41, 5.74) is 18.8. The zero-order chi connectivity index (χ0) is 51.3. The fraction of sp³-hybridized carbons (Fsp3) is 0.176. The molecular weight excluding hydrogens is 950 g/mol. The van der Waals surface area contributed by atoms with Gasteiger partial charge in [0, 0.05) is 80.4 Å². The second kappa shape index (κ2) is 16.5. The zero-order valence-corrected chi connectivity index (χ0v) is 45.7. The summed E-state index contributed by atoms with van der Waals surface area (Å²) < 4.78 is 15.2. The summed E-state index contributed by atoms with van der Waals surface area (Å²) in [5, 5.41) is 12.6. The van der Waals surface area contributed by atoms with Crippen LogP contribution in [0.4, 0.5) is 28.4 Å². The second-order valence-electron chi connectivity index (χ2n) is 23.8. The van der Waals surface area contributed by atoms with Crippen LogP contribution in [0.25, 0.3) is 90.8 Å². The van der Waals surface area contributed by atoms with Crippen LogP contribution in [-0.4, -0.2) is 11.8 Å². The molecule has 9 aromatic carbocycles. The van der Waals surface area contributed by atoms with E-state index in [0.717, 1.165) is 63.2 Å². The fourth-order valence-corrected chi connectivity index (χ4v) is 14.2. The van der Waals surface area contributed by atoms with Gasteiger partial charge in [-0.1, -0.05) is 141 Å². The molecular formula is C68H58BN3OS2. The van der Waals surface area contributed by atoms with Gasteiger partial charge in [0.1, 0.15) is 11.2 Å². The third-order valence-corrected chi connectivity index (χ3v) is 18.1. The molecule has 14 rings (SSSR count). The van der Waals surface area contributed by atoms with E-state index in [0.29, 0.717) is 0 Å². The third kappa shape index (κ3) is 7.29. The van der Waals surface area contributed by atoms with Crippen molar-refractivity contribution >= 4 is 143 Å². The predicted molar refractivity (Wildman–Crippen MR) is 329 cm³/mol. The van der Waals surface area contributed by atoms with E-state index in [1.807, 2.05) is 22.7 Å². The van der Waals surface area contributed by atoms with E-state index in [9.17, 15) is 0 Å². The number of hydrogen-bond donors (Lipinski definition) is 1. The van der Waals surface area contributed by atoms with Crippen LogP contribution in [-0.2, 0) is 16.2 Å². The fourth-order valence-electron chi connectivity index (χ4n) is 11.9. The minimum Gasteiger partial charge on any atom is -0.455 e. The van der Waals surface area contributed by atoms with Crippen molar-refractivity contribution in [1.82, 2.24) is 4.57 Å². The van der Waals surface area contributed by atoms with Gasteiger partial charge in [-0.25, -0.2) is 0 Å². The topological polar surface area (TPSA) is 33.3 Å². The highest BCUT2D eigenvalue weighted by Crippen LogP contribution is 2.51. The van der Waals surface area contributed by atoms with Crippen LogP contribution in [0.15, 0.2) is 180 Å². The molecule has 0 spiro atoms. The van der Waals surface area contributed by atoms with Gasteiger partial charge in [0.15, 0.2) is 0 Å². The van der Waals surface area contributed by atoms with Crippen LogP contribution in [0, 0.1) is 0 Å². The maximum atomic E-state index is 7.36. The Morgan fingerprint density at radius 1 is 0.493 bits per heavy atom. The van der Waals surface area contributed by atoms with Crippen molar-refractivity contribution in [1.29, 1.82) is 0 Å². The minimum atomic E-state index is -0.0517. The maximum absolute atomic E-state index is 7.36. The summed E-state index contributed by atoms with van der Waals surface area (Å²) in [5.74, 6) is 0. The van der Waals surface area contributed by atoms with Crippen LogP contribution >= 0.6 is 22.7 Å². The lowest BCUT2D eigenvalue weighted by molar-refractivity contribution is 0.590. The van der Waals surface area contributed by atoms with Crippen LogP contribution < -0.4 is 20.5 Å². The molecule has 7 heteroatoms. The van der Waals surface area contributed by atoms with E-state index in [2.05, 4.69) is 253 Å². The van der Waals surface area contributed by atoms with Crippen molar-refractivity contribution < 1.29 is 4.42 Å². The molecule has 4 aromatic heterocycles. The molecule has 0 radical (unpaired) electrons. The quantitative estimate of drug-likeness (QED) is 0.169. The molecule has 1 aliphatic heterocycles. The van der Waals surface area contributed by atoms with Gasteiger partial charge in [-0.15, -0.1) is 22.7 Å². The van der Waals surface area contributed by atoms with E-state index in [4.69, 9.17) is 4.42 Å². The Morgan fingerprint density at radius 2 is 1.09 bits per heavy atom. The number of anilines is 5. The van der Waals surface area contributed by atoms with Crippen molar-refractivity contribution in [2.45, 2.75) is 78.6 Å². The molecule has 0 saturated heterocycles. The average molecular weight is 1010 g/mol. The molecule has 1 aliphatic rings. The van der Waals surface area contributed by atoms with E-state index in [1.165, 1.54) is 90.2 Å². The number of rotatable bonds is 6. The van der Waals surface area contributed by atoms with Gasteiger partial charge >= 0.3 is 0 Å². The zero-order valence-electron chi connectivity index (χ0n) is 44.1. The monoisotopic (exact) mass is 1010 g/mol. The molecule has 366 valence electrons. The first-order valence-corrected chi connectivity index (χ1v) is 28.0. The second-order valence-corrected chi connectivity index (χ2v) is 26.1. The summed E-state index contributed by atoms with van der Waals surface area (Å²) in [4.78, 5) is 2.37. The molecule has 0 fully saturated rings. The number of hydrogen-bond acceptors (Lipinski definition) is 5. The predicted octanol–water partition coefficient (Wildman–Crippen LogP) is 18.7. The van der Waals surface area contributed by atoms with Crippen molar-refractivity contribution in [2.24, 2.45) is 0 Å². The summed E-state index contributed by atoms with van der Waals surface area (Å²) in [6.45, 7) is 20.8. The van der Waals surface area contributed by atoms with Gasteiger partial charge < -0.3 is 19.2 Å². The number of fused-ring (bicyclic) bond motifs is 14. The van der Waals surface area contributed by atoms with Crippen LogP contribution in [0.5, 0.6) is 0 Å². The van der Waals surface area contributed by atoms with E-state index in [-0.39, 0.29) is 16.2 Å². The molecule has 0 amide bonds. The molecule has 13 aromatic rings. The first-order chi connectivity index (χ1) is 36.1. The lowest BCUT2D eigenvalue weighted by Gasteiger charge is -2.25. The normalized spacial score (nSPS) is 13.0. The Bertz CT molecular complexity index is 4420. The number of benzene rings is 9. The standard InChI is InChI=1S/C68H58BN3OS2/c1-66(2,3)39-24-28-42(29-25-39)70-52-38-57-48(47-36-45(30-33-55(47)74-57)71(43-18-12-10-13-19-43)44-20-14-11-15-21-44)37-49(52)58-59-46-22-16-17-23-54(46)73-64(59)60-50-34-40(67(4,5)6)26-31-53(50)72-62-51-35-41(68(7,8)9)27-32-56(51)75-65(62)69-61(58)63(60)72/h10-38,69-70H,1-9H3. The van der Waals surface area contributed by atoms with Gasteiger partial charge in [-0.3, -0.25) is 0 Å². The summed E-state index contributed by atoms with van der Waals surface area (Å²) >= 11 is 3.82. The van der Waals surface area contributed by atoms with E-state index in [1.54, 1.807) is 0 Å². The Hall–Kier alpha value is -7.58. The Morgan fingerprint density at radius 3 is 1.79 bits per heavy atom. The molecule has 5 heterocycles. The van der Waals surface area contributed by atoms with Gasteiger partial charge in [0.2, 0.25) is 7.28 Å². The van der Waals surface area contributed by atoms with Crippen molar-refractivity contribution in [3.05, 3.63) is 193 Å². The minimum absolute atomic E-state index is 0.00195. The molecule has 0 bridgehead atoms. The maximum Gasteiger partial charge on any atom is 0.211 e. The molecule has 4 nitrogen and oxygen atoms in total. The molecule has 0 saturated carbocycles. The van der Waals surface area contributed by atoms with Gasteiger partial charge in [-0.05, 0) is 146 Å². The first kappa shape index (κ1) is 46.0. The smallest absolute Gasteiger partial charge is 0.211 e. The summed E-state index contributed by atoms with van der Waals surface area (Å²) in [7, 11) is 0.790. The van der Waals surface area contributed by atoms with Gasteiger partial charge in [-0.2, -0.15) is 0 Å². The van der Waals surface area contributed by atoms with Gasteiger partial charge in [0.05, 0.1) is 22.1 Å². The number of para-hydroxylation sites is 3. The van der Waals surface area contributed by atoms with Crippen LogP contribution in [0.2, 0.25) is 0 Å². The highest BCUT2D eigenvalue weighted by molar-refractivity contribution is 7.29. The number of aromatic nitrogens is 1. The van der Waals surface area contributed by atoms with Crippen LogP contribution in [0.3, 0.4) is 0 Å². The summed E-state index contributed by atoms with van der Waals surface area (Å²) in [6, 6.07) is 65.6. The lowest BCUT2D eigenvalue weighted by atomic mass is 9.62. The average Bonchev–Trinajstić information content (AvgIpc) is 4.36. The van der Waals surface area contributed by atoms with Crippen LogP contribution in [0.1, 0.15) is 79.0 Å². The van der Waals surface area contributed by atoms with E-state index >= 15 is 0 Å².